The van der Waals surface area contributed by atoms with E-state index in [0.717, 1.165) is 5.56 Å². The third-order valence-electron chi connectivity index (χ3n) is 4.50. The van der Waals surface area contributed by atoms with Crippen molar-refractivity contribution in [3.05, 3.63) is 35.4 Å². The van der Waals surface area contributed by atoms with Crippen LogP contribution in [0.5, 0.6) is 34.5 Å². The maximum absolute atomic E-state index is 12.8. The SMILES string of the molecule is COc1ccc(C2CC(=O)c3cc(OC)c(OC)c(OC)c3O2)cc1OC. The predicted octanol–water partition coefficient (Wildman–Crippen LogP) is 3.44. The summed E-state index contributed by atoms with van der Waals surface area (Å²) in [5.74, 6) is 2.55. The number of carbonyl (C=O) groups excluding carboxylic acids is 1. The molecular weight excluding hydrogens is 352 g/mol. The van der Waals surface area contributed by atoms with E-state index < -0.39 is 6.10 Å². The Kier molecular flexibility index (Phi) is 5.30. The van der Waals surface area contributed by atoms with Crippen molar-refractivity contribution in [2.75, 3.05) is 35.5 Å². The van der Waals surface area contributed by atoms with E-state index in [0.29, 0.717) is 40.1 Å². The number of Topliss-reactive ketones (excluding diaryl/α,β-unsaturated/α-hetero) is 1. The minimum absolute atomic E-state index is 0.0738. The molecule has 7 heteroatoms. The number of carbonyl (C=O) groups is 1. The van der Waals surface area contributed by atoms with Gasteiger partial charge in [-0.3, -0.25) is 4.79 Å². The van der Waals surface area contributed by atoms with Crippen molar-refractivity contribution in [2.24, 2.45) is 0 Å². The smallest absolute Gasteiger partial charge is 0.208 e. The zero-order valence-electron chi connectivity index (χ0n) is 16.0. The van der Waals surface area contributed by atoms with Gasteiger partial charge < -0.3 is 28.4 Å². The second kappa shape index (κ2) is 7.65. The molecule has 1 atom stereocenters. The number of ether oxygens (including phenoxy) is 6. The lowest BCUT2D eigenvalue weighted by atomic mass is 9.95. The molecule has 0 N–H and O–H groups in total. The Morgan fingerprint density at radius 1 is 0.815 bits per heavy atom. The van der Waals surface area contributed by atoms with E-state index in [4.69, 9.17) is 28.4 Å². The molecule has 0 saturated heterocycles. The van der Waals surface area contributed by atoms with Crippen LogP contribution in [0.25, 0.3) is 0 Å². The molecule has 1 aliphatic rings. The quantitative estimate of drug-likeness (QED) is 0.767. The largest absolute Gasteiger partial charge is 0.493 e. The Labute approximate surface area is 157 Å². The first kappa shape index (κ1) is 18.7. The molecule has 1 unspecified atom stereocenters. The summed E-state index contributed by atoms with van der Waals surface area (Å²) in [6.45, 7) is 0. The van der Waals surface area contributed by atoms with Crippen molar-refractivity contribution < 1.29 is 33.2 Å². The summed E-state index contributed by atoms with van der Waals surface area (Å²) in [7, 11) is 7.63. The molecule has 0 radical (unpaired) electrons. The average molecular weight is 374 g/mol. The Balaban J connectivity index is 2.07. The molecule has 2 aromatic rings. The monoisotopic (exact) mass is 374 g/mol. The number of methoxy groups -OCH3 is 5. The lowest BCUT2D eigenvalue weighted by Gasteiger charge is -2.28. The van der Waals surface area contributed by atoms with E-state index in [1.54, 1.807) is 32.4 Å². The van der Waals surface area contributed by atoms with Crippen molar-refractivity contribution in [3.8, 4) is 34.5 Å². The van der Waals surface area contributed by atoms with E-state index in [2.05, 4.69) is 0 Å². The van der Waals surface area contributed by atoms with Crippen LogP contribution in [0.15, 0.2) is 24.3 Å². The number of fused-ring (bicyclic) bond motifs is 1. The highest BCUT2D eigenvalue weighted by molar-refractivity contribution is 6.02. The molecule has 7 nitrogen and oxygen atoms in total. The molecule has 0 bridgehead atoms. The van der Waals surface area contributed by atoms with Crippen LogP contribution in [-0.2, 0) is 0 Å². The predicted molar refractivity (Wildman–Crippen MR) is 98.0 cm³/mol. The summed E-state index contributed by atoms with van der Waals surface area (Å²) in [6.07, 6.45) is -0.307. The minimum atomic E-state index is -0.489. The standard InChI is InChI=1S/C20H22O7/c1-22-14-7-6-11(8-16(14)23-2)15-10-13(21)12-9-17(24-3)19(25-4)20(26-5)18(12)27-15/h6-9,15H,10H2,1-5H3. The first-order valence-electron chi connectivity index (χ1n) is 8.32. The highest BCUT2D eigenvalue weighted by Gasteiger charge is 2.34. The van der Waals surface area contributed by atoms with Gasteiger partial charge in [0.2, 0.25) is 11.5 Å². The Bertz CT molecular complexity index is 860. The van der Waals surface area contributed by atoms with Gasteiger partial charge in [0, 0.05) is 0 Å². The van der Waals surface area contributed by atoms with Crippen LogP contribution in [0.4, 0.5) is 0 Å². The molecule has 0 aliphatic carbocycles. The van der Waals surface area contributed by atoms with Crippen molar-refractivity contribution in [2.45, 2.75) is 12.5 Å². The Morgan fingerprint density at radius 3 is 2.07 bits per heavy atom. The number of hydrogen-bond donors (Lipinski definition) is 0. The van der Waals surface area contributed by atoms with Gasteiger partial charge in [-0.25, -0.2) is 0 Å². The van der Waals surface area contributed by atoms with Crippen LogP contribution in [-0.4, -0.2) is 41.3 Å². The first-order valence-corrected chi connectivity index (χ1v) is 8.32. The molecule has 0 saturated carbocycles. The lowest BCUT2D eigenvalue weighted by Crippen LogP contribution is -2.21. The number of benzene rings is 2. The second-order valence-corrected chi connectivity index (χ2v) is 5.87. The minimum Gasteiger partial charge on any atom is -0.493 e. The van der Waals surface area contributed by atoms with Gasteiger partial charge in [-0.15, -0.1) is 0 Å². The molecule has 0 aromatic heterocycles. The van der Waals surface area contributed by atoms with Crippen molar-refractivity contribution >= 4 is 5.78 Å². The Hall–Kier alpha value is -3.09. The van der Waals surface area contributed by atoms with Crippen LogP contribution >= 0.6 is 0 Å². The van der Waals surface area contributed by atoms with Crippen LogP contribution in [0.3, 0.4) is 0 Å². The first-order chi connectivity index (χ1) is 13.1. The third kappa shape index (κ3) is 3.20. The fraction of sp³-hybridized carbons (Fsp3) is 0.350. The van der Waals surface area contributed by atoms with Crippen LogP contribution in [0.1, 0.15) is 28.4 Å². The summed E-state index contributed by atoms with van der Waals surface area (Å²) in [6, 6.07) is 7.04. The molecule has 0 fully saturated rings. The third-order valence-corrected chi connectivity index (χ3v) is 4.50. The van der Waals surface area contributed by atoms with Crippen LogP contribution in [0.2, 0.25) is 0 Å². The fourth-order valence-corrected chi connectivity index (χ4v) is 3.16. The van der Waals surface area contributed by atoms with Crippen LogP contribution < -0.4 is 28.4 Å². The zero-order valence-corrected chi connectivity index (χ0v) is 16.0. The molecule has 27 heavy (non-hydrogen) atoms. The topological polar surface area (TPSA) is 72.5 Å². The van der Waals surface area contributed by atoms with Gasteiger partial charge in [-0.1, -0.05) is 6.07 Å². The van der Waals surface area contributed by atoms with E-state index in [1.807, 2.05) is 6.07 Å². The zero-order chi connectivity index (χ0) is 19.6. The van der Waals surface area contributed by atoms with Crippen molar-refractivity contribution in [3.63, 3.8) is 0 Å². The molecule has 1 aliphatic heterocycles. The van der Waals surface area contributed by atoms with Gasteiger partial charge in [0.25, 0.3) is 0 Å². The molecule has 0 amide bonds. The normalized spacial score (nSPS) is 15.4. The van der Waals surface area contributed by atoms with Crippen molar-refractivity contribution in [1.29, 1.82) is 0 Å². The van der Waals surface area contributed by atoms with Crippen molar-refractivity contribution in [1.82, 2.24) is 0 Å². The summed E-state index contributed by atoms with van der Waals surface area (Å²) in [5, 5.41) is 0. The molecule has 1 heterocycles. The molecular formula is C20H22O7. The second-order valence-electron chi connectivity index (χ2n) is 5.87. The summed E-state index contributed by atoms with van der Waals surface area (Å²) < 4.78 is 32.9. The Morgan fingerprint density at radius 2 is 1.48 bits per heavy atom. The maximum Gasteiger partial charge on any atom is 0.208 e. The van der Waals surface area contributed by atoms with Gasteiger partial charge in [0.15, 0.2) is 28.8 Å². The summed E-state index contributed by atoms with van der Waals surface area (Å²) >= 11 is 0. The van der Waals surface area contributed by atoms with Gasteiger partial charge in [-0.2, -0.15) is 0 Å². The highest BCUT2D eigenvalue weighted by atomic mass is 16.6. The number of rotatable bonds is 6. The average Bonchev–Trinajstić information content (AvgIpc) is 2.71. The summed E-state index contributed by atoms with van der Waals surface area (Å²) in [4.78, 5) is 12.8. The molecule has 144 valence electrons. The number of hydrogen-bond acceptors (Lipinski definition) is 7. The van der Waals surface area contributed by atoms with E-state index >= 15 is 0 Å². The fourth-order valence-electron chi connectivity index (χ4n) is 3.16. The molecule has 3 rings (SSSR count). The van der Waals surface area contributed by atoms with Gasteiger partial charge in [-0.05, 0) is 23.8 Å². The summed E-state index contributed by atoms with van der Waals surface area (Å²) in [5.41, 5.74) is 1.20. The van der Waals surface area contributed by atoms with Crippen LogP contribution in [0, 0.1) is 0 Å². The van der Waals surface area contributed by atoms with E-state index in [-0.39, 0.29) is 12.2 Å². The highest BCUT2D eigenvalue weighted by Crippen LogP contribution is 2.50. The molecule has 0 spiro atoms. The van der Waals surface area contributed by atoms with E-state index in [1.165, 1.54) is 21.3 Å². The lowest BCUT2D eigenvalue weighted by molar-refractivity contribution is 0.0839. The number of ketones is 1. The van der Waals surface area contributed by atoms with Gasteiger partial charge in [0.1, 0.15) is 6.10 Å². The molecule has 2 aromatic carbocycles. The van der Waals surface area contributed by atoms with Gasteiger partial charge >= 0.3 is 0 Å². The van der Waals surface area contributed by atoms with Gasteiger partial charge in [0.05, 0.1) is 47.5 Å². The van der Waals surface area contributed by atoms with E-state index in [9.17, 15) is 4.79 Å². The maximum atomic E-state index is 12.8.